The van der Waals surface area contributed by atoms with Crippen molar-refractivity contribution >= 4 is 66.2 Å². The van der Waals surface area contributed by atoms with Crippen LogP contribution in [0, 0.1) is 0 Å². The van der Waals surface area contributed by atoms with E-state index in [0.29, 0.717) is 45.0 Å². The highest BCUT2D eigenvalue weighted by molar-refractivity contribution is 7.92. The molecule has 0 atom stereocenters. The summed E-state index contributed by atoms with van der Waals surface area (Å²) in [6.45, 7) is 2.27. The van der Waals surface area contributed by atoms with Gasteiger partial charge >= 0.3 is 0 Å². The zero-order valence-corrected chi connectivity index (χ0v) is 25.7. The molecular weight excluding hydrogens is 621 g/mol. The average molecular weight is 649 g/mol. The standard InChI is InChI=1S/C29H27Cl2N3O6S2/c1-3-40-24-15-9-22(10-16-24)33-42(38,39)25-17-11-21(12-18-25)32-29(35)20-7-13-23(14-8-20)34(41(2,36)37)19-26-27(30)5-4-6-28(26)31/h4-18,33H,3,19H2,1-2H3,(H,32,35). The van der Waals surface area contributed by atoms with E-state index in [0.717, 1.165) is 10.6 Å². The van der Waals surface area contributed by atoms with Crippen molar-refractivity contribution in [2.45, 2.75) is 18.4 Å². The summed E-state index contributed by atoms with van der Waals surface area (Å²) in [6, 6.07) is 23.1. The van der Waals surface area contributed by atoms with E-state index in [1.165, 1.54) is 48.5 Å². The minimum atomic E-state index is -3.86. The van der Waals surface area contributed by atoms with Crippen LogP contribution < -0.4 is 19.1 Å². The Morgan fingerprint density at radius 2 is 1.38 bits per heavy atom. The number of benzene rings is 4. The van der Waals surface area contributed by atoms with Crippen LogP contribution in [-0.4, -0.2) is 35.6 Å². The van der Waals surface area contributed by atoms with E-state index < -0.39 is 26.0 Å². The lowest BCUT2D eigenvalue weighted by Gasteiger charge is -2.23. The normalized spacial score (nSPS) is 11.5. The van der Waals surface area contributed by atoms with E-state index in [9.17, 15) is 21.6 Å². The van der Waals surface area contributed by atoms with Crippen LogP contribution in [0.25, 0.3) is 0 Å². The van der Waals surface area contributed by atoms with Crippen LogP contribution in [0.3, 0.4) is 0 Å². The second-order valence-electron chi connectivity index (χ2n) is 9.06. The van der Waals surface area contributed by atoms with E-state index >= 15 is 0 Å². The van der Waals surface area contributed by atoms with E-state index in [-0.39, 0.29) is 17.0 Å². The third-order valence-electron chi connectivity index (χ3n) is 6.02. The fourth-order valence-electron chi connectivity index (χ4n) is 3.93. The van der Waals surface area contributed by atoms with Gasteiger partial charge in [-0.25, -0.2) is 16.8 Å². The van der Waals surface area contributed by atoms with Gasteiger partial charge in [0.15, 0.2) is 0 Å². The van der Waals surface area contributed by atoms with Crippen molar-refractivity contribution in [2.75, 3.05) is 27.2 Å². The zero-order valence-electron chi connectivity index (χ0n) is 22.5. The molecule has 0 saturated heterocycles. The van der Waals surface area contributed by atoms with Gasteiger partial charge in [-0.05, 0) is 91.9 Å². The molecular formula is C29H27Cl2N3O6S2. The summed E-state index contributed by atoms with van der Waals surface area (Å²) in [4.78, 5) is 12.9. The van der Waals surface area contributed by atoms with Crippen LogP contribution in [0.4, 0.5) is 17.1 Å². The number of carbonyl (C=O) groups is 1. The van der Waals surface area contributed by atoms with Gasteiger partial charge in [-0.3, -0.25) is 13.8 Å². The van der Waals surface area contributed by atoms with Gasteiger partial charge in [0.1, 0.15) is 5.75 Å². The summed E-state index contributed by atoms with van der Waals surface area (Å²) >= 11 is 12.5. The molecule has 0 saturated carbocycles. The minimum absolute atomic E-state index is 0.0122. The molecule has 0 bridgehead atoms. The van der Waals surface area contributed by atoms with Crippen molar-refractivity contribution in [3.05, 3.63) is 112 Å². The SMILES string of the molecule is CCOc1ccc(NS(=O)(=O)c2ccc(NC(=O)c3ccc(N(Cc4c(Cl)cccc4Cl)S(C)(=O)=O)cc3)cc2)cc1. The van der Waals surface area contributed by atoms with Crippen LogP contribution >= 0.6 is 23.2 Å². The Labute approximate surface area is 255 Å². The third kappa shape index (κ3) is 7.74. The molecule has 42 heavy (non-hydrogen) atoms. The van der Waals surface area contributed by atoms with Crippen LogP contribution in [0.1, 0.15) is 22.8 Å². The largest absolute Gasteiger partial charge is 0.494 e. The van der Waals surface area contributed by atoms with Gasteiger partial charge in [0.25, 0.3) is 15.9 Å². The molecule has 0 aliphatic rings. The maximum Gasteiger partial charge on any atom is 0.261 e. The van der Waals surface area contributed by atoms with Gasteiger partial charge in [0, 0.05) is 32.5 Å². The van der Waals surface area contributed by atoms with Crippen molar-refractivity contribution in [1.29, 1.82) is 0 Å². The number of carbonyl (C=O) groups excluding carboxylic acids is 1. The first-order valence-electron chi connectivity index (χ1n) is 12.5. The highest BCUT2D eigenvalue weighted by atomic mass is 35.5. The summed E-state index contributed by atoms with van der Waals surface area (Å²) in [5.41, 5.74) is 1.78. The number of hydrogen-bond acceptors (Lipinski definition) is 6. The Kier molecular flexibility index (Phi) is 9.67. The van der Waals surface area contributed by atoms with E-state index in [1.807, 2.05) is 6.92 Å². The Bertz CT molecular complexity index is 1760. The second kappa shape index (κ2) is 13.0. The van der Waals surface area contributed by atoms with Gasteiger partial charge in [0.05, 0.1) is 30.0 Å². The molecule has 0 aromatic heterocycles. The molecule has 1 amide bonds. The molecule has 0 heterocycles. The Balaban J connectivity index is 1.44. The van der Waals surface area contributed by atoms with Gasteiger partial charge in [-0.2, -0.15) is 0 Å². The Hall–Kier alpha value is -3.77. The Morgan fingerprint density at radius 1 is 0.810 bits per heavy atom. The minimum Gasteiger partial charge on any atom is -0.494 e. The van der Waals surface area contributed by atoms with Crippen molar-refractivity contribution in [2.24, 2.45) is 0 Å². The number of anilines is 3. The van der Waals surface area contributed by atoms with Gasteiger partial charge in [0.2, 0.25) is 10.0 Å². The first kappa shape index (κ1) is 31.2. The molecule has 0 spiro atoms. The molecule has 4 aromatic rings. The van der Waals surface area contributed by atoms with Crippen molar-refractivity contribution in [3.63, 3.8) is 0 Å². The number of ether oxygens (including phenoxy) is 1. The first-order chi connectivity index (χ1) is 19.9. The molecule has 220 valence electrons. The number of amides is 1. The topological polar surface area (TPSA) is 122 Å². The molecule has 4 aromatic carbocycles. The number of nitrogens with one attached hydrogen (secondary N) is 2. The highest BCUT2D eigenvalue weighted by Crippen LogP contribution is 2.29. The van der Waals surface area contributed by atoms with Crippen LogP contribution in [-0.2, 0) is 26.6 Å². The van der Waals surface area contributed by atoms with Crippen molar-refractivity contribution in [3.8, 4) is 5.75 Å². The number of rotatable bonds is 11. The van der Waals surface area contributed by atoms with Gasteiger partial charge < -0.3 is 10.1 Å². The Morgan fingerprint density at radius 3 is 1.93 bits per heavy atom. The van der Waals surface area contributed by atoms with Gasteiger partial charge in [-0.15, -0.1) is 0 Å². The molecule has 2 N–H and O–H groups in total. The molecule has 0 radical (unpaired) electrons. The summed E-state index contributed by atoms with van der Waals surface area (Å²) in [6.07, 6.45) is 1.07. The van der Waals surface area contributed by atoms with Crippen LogP contribution in [0.2, 0.25) is 10.0 Å². The van der Waals surface area contributed by atoms with E-state index in [4.69, 9.17) is 27.9 Å². The maximum atomic E-state index is 12.9. The molecule has 0 aliphatic carbocycles. The predicted octanol–water partition coefficient (Wildman–Crippen LogP) is 6.41. The lowest BCUT2D eigenvalue weighted by molar-refractivity contribution is 0.102. The smallest absolute Gasteiger partial charge is 0.261 e. The summed E-state index contributed by atoms with van der Waals surface area (Å²) in [5, 5.41) is 3.37. The third-order valence-corrected chi connectivity index (χ3v) is 9.27. The first-order valence-corrected chi connectivity index (χ1v) is 16.6. The monoisotopic (exact) mass is 647 g/mol. The number of nitrogens with zero attached hydrogens (tertiary/aromatic N) is 1. The fourth-order valence-corrected chi connectivity index (χ4v) is 6.37. The highest BCUT2D eigenvalue weighted by Gasteiger charge is 2.21. The lowest BCUT2D eigenvalue weighted by atomic mass is 10.1. The van der Waals surface area contributed by atoms with Crippen molar-refractivity contribution in [1.82, 2.24) is 0 Å². The quantitative estimate of drug-likeness (QED) is 0.194. The predicted molar refractivity (Wildman–Crippen MR) is 167 cm³/mol. The molecule has 0 unspecified atom stereocenters. The van der Waals surface area contributed by atoms with E-state index in [1.54, 1.807) is 42.5 Å². The lowest BCUT2D eigenvalue weighted by Crippen LogP contribution is -2.29. The fraction of sp³-hybridized carbons (Fsp3) is 0.138. The van der Waals surface area contributed by atoms with Crippen molar-refractivity contribution < 1.29 is 26.4 Å². The number of hydrogen-bond donors (Lipinski definition) is 2. The second-order valence-corrected chi connectivity index (χ2v) is 13.5. The molecule has 9 nitrogen and oxygen atoms in total. The molecule has 0 fully saturated rings. The number of halogens is 2. The summed E-state index contributed by atoms with van der Waals surface area (Å²) < 4.78 is 59.7. The van der Waals surface area contributed by atoms with E-state index in [2.05, 4.69) is 10.0 Å². The average Bonchev–Trinajstić information content (AvgIpc) is 2.94. The van der Waals surface area contributed by atoms with Gasteiger partial charge in [-0.1, -0.05) is 29.3 Å². The molecule has 4 rings (SSSR count). The zero-order chi connectivity index (χ0) is 30.5. The van der Waals surface area contributed by atoms with Crippen LogP contribution in [0.5, 0.6) is 5.75 Å². The molecule has 13 heteroatoms. The summed E-state index contributed by atoms with van der Waals surface area (Å²) in [7, 11) is -7.58. The maximum absolute atomic E-state index is 12.9. The summed E-state index contributed by atoms with van der Waals surface area (Å²) in [5.74, 6) is 0.162. The molecule has 0 aliphatic heterocycles. The number of sulfonamides is 2. The van der Waals surface area contributed by atoms with Crippen LogP contribution in [0.15, 0.2) is 95.9 Å².